The SMILES string of the molecule is c1ccc(-n2c3ccccc3c3cc(-c4cccc(-n5c6ccccc6c6c5ccc5c7ccccc7n(-c7cccc(-c8cccc9c8oc8ccccc89)n7)c56)c4)ccc32)cc1. The van der Waals surface area contributed by atoms with Gasteiger partial charge in [0.2, 0.25) is 0 Å². The molecule has 0 spiro atoms. The number of rotatable bonds is 5. The van der Waals surface area contributed by atoms with E-state index in [1.165, 1.54) is 48.9 Å². The maximum atomic E-state index is 6.50. The van der Waals surface area contributed by atoms with Crippen molar-refractivity contribution in [3.8, 4) is 39.6 Å². The summed E-state index contributed by atoms with van der Waals surface area (Å²) in [6.45, 7) is 0. The van der Waals surface area contributed by atoms with Crippen molar-refractivity contribution in [1.29, 1.82) is 0 Å². The molecule has 0 aliphatic heterocycles. The van der Waals surface area contributed by atoms with Crippen LogP contribution in [0.5, 0.6) is 0 Å². The Kier molecular flexibility index (Phi) is 7.33. The summed E-state index contributed by atoms with van der Waals surface area (Å²) in [6, 6.07) is 78.3. The topological polar surface area (TPSA) is 40.8 Å². The Labute approximate surface area is 366 Å². The summed E-state index contributed by atoms with van der Waals surface area (Å²) in [5.74, 6) is 0.854. The monoisotopic (exact) mass is 816 g/mol. The molecule has 14 aromatic rings. The molecular formula is C59H36N4O. The molecule has 0 unspecified atom stereocenters. The van der Waals surface area contributed by atoms with Gasteiger partial charge in [-0.25, -0.2) is 4.98 Å². The van der Waals surface area contributed by atoms with Gasteiger partial charge < -0.3 is 13.6 Å². The lowest BCUT2D eigenvalue weighted by Crippen LogP contribution is -1.99. The van der Waals surface area contributed by atoms with E-state index in [1.807, 2.05) is 12.1 Å². The highest BCUT2D eigenvalue weighted by atomic mass is 16.3. The fraction of sp³-hybridized carbons (Fsp3) is 0. The maximum Gasteiger partial charge on any atom is 0.144 e. The predicted molar refractivity (Wildman–Crippen MR) is 265 cm³/mol. The molecule has 298 valence electrons. The van der Waals surface area contributed by atoms with Gasteiger partial charge in [0.05, 0.1) is 38.8 Å². The Morgan fingerprint density at radius 1 is 0.344 bits per heavy atom. The highest BCUT2D eigenvalue weighted by Crippen LogP contribution is 2.43. The van der Waals surface area contributed by atoms with E-state index >= 15 is 0 Å². The van der Waals surface area contributed by atoms with Crippen LogP contribution in [0.4, 0.5) is 0 Å². The zero-order valence-corrected chi connectivity index (χ0v) is 34.5. The standard InChI is InChI=1S/C59H36N4O/c1-2-16-39(17-3-1)61-50-26-8-5-20-42(50)48-36-38(31-33-53(48)61)37-15-12-18-40(35-37)62-52-28-10-6-22-47(52)57-54(62)34-32-44-41-19-4-9-27-51(41)63(58(44)57)56-30-14-25-49(60-56)46-24-13-23-45-43-21-7-11-29-55(43)64-59(45)46/h1-36H. The van der Waals surface area contributed by atoms with Gasteiger partial charge in [0.1, 0.15) is 17.0 Å². The number of pyridine rings is 1. The molecule has 14 rings (SSSR count). The Hall–Kier alpha value is -8.67. The first-order valence-electron chi connectivity index (χ1n) is 21.8. The van der Waals surface area contributed by atoms with Gasteiger partial charge in [-0.1, -0.05) is 133 Å². The van der Waals surface area contributed by atoms with Crippen molar-refractivity contribution in [2.24, 2.45) is 0 Å². The lowest BCUT2D eigenvalue weighted by Gasteiger charge is -2.12. The van der Waals surface area contributed by atoms with Gasteiger partial charge in [-0.3, -0.25) is 4.57 Å². The highest BCUT2D eigenvalue weighted by molar-refractivity contribution is 6.26. The van der Waals surface area contributed by atoms with E-state index < -0.39 is 0 Å². The van der Waals surface area contributed by atoms with Crippen LogP contribution >= 0.6 is 0 Å². The maximum absolute atomic E-state index is 6.50. The lowest BCUT2D eigenvalue weighted by atomic mass is 10.0. The first-order chi connectivity index (χ1) is 31.8. The van der Waals surface area contributed by atoms with Gasteiger partial charge in [0.15, 0.2) is 0 Å². The molecule has 0 atom stereocenters. The fourth-order valence-corrected chi connectivity index (χ4v) is 10.5. The third-order valence-corrected chi connectivity index (χ3v) is 13.2. The number of benzene rings is 9. The van der Waals surface area contributed by atoms with E-state index in [-0.39, 0.29) is 0 Å². The second-order valence-corrected chi connectivity index (χ2v) is 16.7. The minimum atomic E-state index is 0.849. The molecule has 5 heterocycles. The molecule has 0 amide bonds. The number of aromatic nitrogens is 4. The average Bonchev–Trinajstić information content (AvgIpc) is 4.10. The average molecular weight is 817 g/mol. The van der Waals surface area contributed by atoms with Crippen LogP contribution in [0.2, 0.25) is 0 Å². The van der Waals surface area contributed by atoms with Crippen LogP contribution in [0.1, 0.15) is 0 Å². The van der Waals surface area contributed by atoms with Crippen molar-refractivity contribution < 1.29 is 4.42 Å². The number of para-hydroxylation sites is 6. The third kappa shape index (κ3) is 4.98. The highest BCUT2D eigenvalue weighted by Gasteiger charge is 2.22. The molecule has 0 aliphatic rings. The van der Waals surface area contributed by atoms with E-state index in [9.17, 15) is 0 Å². The Morgan fingerprint density at radius 3 is 1.78 bits per heavy atom. The molecule has 0 bridgehead atoms. The molecule has 0 saturated carbocycles. The molecule has 0 N–H and O–H groups in total. The Bertz CT molecular complexity index is 4200. The van der Waals surface area contributed by atoms with Crippen LogP contribution in [0, 0.1) is 0 Å². The van der Waals surface area contributed by atoms with Crippen LogP contribution in [0.15, 0.2) is 223 Å². The van der Waals surface area contributed by atoms with Crippen LogP contribution in [0.25, 0.3) is 127 Å². The summed E-state index contributed by atoms with van der Waals surface area (Å²) >= 11 is 0. The molecule has 5 nitrogen and oxygen atoms in total. The smallest absolute Gasteiger partial charge is 0.144 e. The normalized spacial score (nSPS) is 12.1. The Balaban J connectivity index is 0.973. The number of fused-ring (bicyclic) bond motifs is 13. The quantitative estimate of drug-likeness (QED) is 0.174. The van der Waals surface area contributed by atoms with E-state index in [2.05, 4.69) is 220 Å². The molecule has 5 heteroatoms. The number of hydrogen-bond donors (Lipinski definition) is 0. The van der Waals surface area contributed by atoms with E-state index in [1.54, 1.807) is 0 Å². The first-order valence-corrected chi connectivity index (χ1v) is 21.8. The van der Waals surface area contributed by atoms with Crippen molar-refractivity contribution in [2.45, 2.75) is 0 Å². The third-order valence-electron chi connectivity index (χ3n) is 13.2. The van der Waals surface area contributed by atoms with Crippen molar-refractivity contribution in [2.75, 3.05) is 0 Å². The van der Waals surface area contributed by atoms with Crippen molar-refractivity contribution in [1.82, 2.24) is 18.7 Å². The summed E-state index contributed by atoms with van der Waals surface area (Å²) in [5.41, 5.74) is 15.1. The zero-order valence-electron chi connectivity index (χ0n) is 34.5. The zero-order chi connectivity index (χ0) is 41.9. The van der Waals surface area contributed by atoms with E-state index in [0.29, 0.717) is 0 Å². The predicted octanol–water partition coefficient (Wildman–Crippen LogP) is 15.6. The van der Waals surface area contributed by atoms with Crippen LogP contribution in [-0.4, -0.2) is 18.7 Å². The minimum absolute atomic E-state index is 0.849. The molecular weight excluding hydrogens is 781 g/mol. The Morgan fingerprint density at radius 2 is 0.938 bits per heavy atom. The molecule has 64 heavy (non-hydrogen) atoms. The summed E-state index contributed by atoms with van der Waals surface area (Å²) in [4.78, 5) is 5.46. The molecule has 0 fully saturated rings. The molecule has 9 aromatic carbocycles. The second kappa shape index (κ2) is 13.4. The van der Waals surface area contributed by atoms with Crippen LogP contribution in [-0.2, 0) is 0 Å². The summed E-state index contributed by atoms with van der Waals surface area (Å²) < 4.78 is 13.7. The summed E-state index contributed by atoms with van der Waals surface area (Å²) in [7, 11) is 0. The van der Waals surface area contributed by atoms with Crippen molar-refractivity contribution in [3.63, 3.8) is 0 Å². The van der Waals surface area contributed by atoms with Gasteiger partial charge in [0, 0.05) is 60.0 Å². The largest absolute Gasteiger partial charge is 0.455 e. The van der Waals surface area contributed by atoms with Gasteiger partial charge in [-0.15, -0.1) is 0 Å². The number of nitrogens with zero attached hydrogens (tertiary/aromatic N) is 4. The van der Waals surface area contributed by atoms with Gasteiger partial charge in [-0.05, 0) is 96.1 Å². The fourth-order valence-electron chi connectivity index (χ4n) is 10.5. The summed E-state index contributed by atoms with van der Waals surface area (Å²) in [6.07, 6.45) is 0. The number of hydrogen-bond acceptors (Lipinski definition) is 2. The van der Waals surface area contributed by atoms with Crippen molar-refractivity contribution >= 4 is 87.4 Å². The molecule has 0 aliphatic carbocycles. The molecule has 0 radical (unpaired) electrons. The van der Waals surface area contributed by atoms with Gasteiger partial charge in [-0.2, -0.15) is 0 Å². The van der Waals surface area contributed by atoms with E-state index in [4.69, 9.17) is 9.40 Å². The lowest BCUT2D eigenvalue weighted by molar-refractivity contribution is 0.670. The summed E-state index contributed by atoms with van der Waals surface area (Å²) in [5, 5.41) is 9.44. The first kappa shape index (κ1) is 35.0. The molecule has 0 saturated heterocycles. The van der Waals surface area contributed by atoms with Crippen molar-refractivity contribution in [3.05, 3.63) is 218 Å². The minimum Gasteiger partial charge on any atom is -0.455 e. The van der Waals surface area contributed by atoms with Gasteiger partial charge in [0.25, 0.3) is 0 Å². The van der Waals surface area contributed by atoms with E-state index in [0.717, 1.165) is 78.0 Å². The van der Waals surface area contributed by atoms with Crippen LogP contribution < -0.4 is 0 Å². The second-order valence-electron chi connectivity index (χ2n) is 16.7. The number of furan rings is 1. The van der Waals surface area contributed by atoms with Crippen LogP contribution in [0.3, 0.4) is 0 Å². The molecule has 5 aromatic heterocycles. The van der Waals surface area contributed by atoms with Gasteiger partial charge >= 0.3 is 0 Å².